The molecule has 1 aromatic heterocycles. The molecule has 214 valence electrons. The summed E-state index contributed by atoms with van der Waals surface area (Å²) in [7, 11) is 0. The maximum Gasteiger partial charge on any atom is 0.0644 e. The van der Waals surface area contributed by atoms with Crippen molar-refractivity contribution in [3.63, 3.8) is 0 Å². The van der Waals surface area contributed by atoms with Crippen molar-refractivity contribution in [2.75, 3.05) is 4.90 Å². The number of aromatic nitrogens is 1. The molecule has 0 radical (unpaired) electrons. The lowest BCUT2D eigenvalue weighted by Gasteiger charge is -2.25. The predicted molar refractivity (Wildman–Crippen MR) is 192 cm³/mol. The van der Waals surface area contributed by atoms with Gasteiger partial charge in [-0.3, -0.25) is 4.98 Å². The van der Waals surface area contributed by atoms with Crippen LogP contribution in [0, 0.1) is 0 Å². The first kappa shape index (κ1) is 27.8. The molecule has 0 unspecified atom stereocenters. The average molecular weight is 577 g/mol. The number of pyridine rings is 1. The van der Waals surface area contributed by atoms with Crippen LogP contribution >= 0.6 is 0 Å². The number of hydrogen-bond acceptors (Lipinski definition) is 2. The first-order valence-corrected chi connectivity index (χ1v) is 15.2. The third kappa shape index (κ3) is 5.95. The zero-order chi connectivity index (χ0) is 30.4. The molecule has 0 spiro atoms. The third-order valence-electron chi connectivity index (χ3n) is 8.09. The van der Waals surface area contributed by atoms with Gasteiger partial charge < -0.3 is 4.90 Å². The minimum Gasteiger partial charge on any atom is -0.309 e. The van der Waals surface area contributed by atoms with Crippen molar-refractivity contribution in [2.45, 2.75) is 0 Å². The molecule has 0 aliphatic heterocycles. The molecule has 1 aliphatic rings. The molecule has 7 rings (SSSR count). The summed E-state index contributed by atoms with van der Waals surface area (Å²) in [4.78, 5) is 6.68. The van der Waals surface area contributed by atoms with Crippen molar-refractivity contribution in [1.82, 2.24) is 4.98 Å². The van der Waals surface area contributed by atoms with Gasteiger partial charge in [-0.05, 0) is 98.6 Å². The molecule has 1 heterocycles. The van der Waals surface area contributed by atoms with Crippen LogP contribution in [0.5, 0.6) is 0 Å². The highest BCUT2D eigenvalue weighted by Gasteiger charge is 2.15. The summed E-state index contributed by atoms with van der Waals surface area (Å²) >= 11 is 0. The van der Waals surface area contributed by atoms with Gasteiger partial charge >= 0.3 is 0 Å². The lowest BCUT2D eigenvalue weighted by Crippen LogP contribution is -2.10. The molecule has 0 amide bonds. The fourth-order valence-corrected chi connectivity index (χ4v) is 5.89. The van der Waals surface area contributed by atoms with E-state index in [0.29, 0.717) is 0 Å². The fraction of sp³-hybridized carbons (Fsp3) is 0. The second-order valence-electron chi connectivity index (χ2n) is 11.0. The smallest absolute Gasteiger partial charge is 0.0644 e. The van der Waals surface area contributed by atoms with Gasteiger partial charge in [-0.25, -0.2) is 0 Å². The van der Waals surface area contributed by atoms with Crippen LogP contribution in [0.2, 0.25) is 0 Å². The van der Waals surface area contributed by atoms with Crippen LogP contribution in [-0.2, 0) is 0 Å². The second kappa shape index (κ2) is 12.7. The summed E-state index contributed by atoms with van der Waals surface area (Å²) in [5.74, 6) is 0. The number of anilines is 3. The van der Waals surface area contributed by atoms with Crippen LogP contribution in [0.1, 0.15) is 22.3 Å². The standard InChI is InChI=1S/C43H32N2/c1-2-3-10-32-11-6-14-36(29-32)33-20-24-39(25-21-33)45(41-17-9-28-44-31-41)40-26-22-35(23-27-40)43-19-8-13-34-12-4-5-18-42(34)37-15-7-16-38(43)30-37/h2-31H,1H2/b10-3-,13-8+,43-19-. The van der Waals surface area contributed by atoms with Crippen LogP contribution in [0.4, 0.5) is 17.1 Å². The topological polar surface area (TPSA) is 16.1 Å². The third-order valence-corrected chi connectivity index (χ3v) is 8.09. The average Bonchev–Trinajstić information content (AvgIpc) is 3.15. The maximum atomic E-state index is 4.43. The molecule has 0 saturated heterocycles. The molecular formula is C43H32N2. The number of benzene rings is 5. The Morgan fingerprint density at radius 1 is 0.578 bits per heavy atom. The molecular weight excluding hydrogens is 544 g/mol. The van der Waals surface area contributed by atoms with Crippen LogP contribution in [0.15, 0.2) is 177 Å². The monoisotopic (exact) mass is 576 g/mol. The SMILES string of the molecule is C=C/C=C\c1cccc(-c2ccc(N(c3ccc(/C4=C/C=C/c5ccccc5-c5cccc4c5)cc3)c3cccnc3)cc2)c1. The van der Waals surface area contributed by atoms with Gasteiger partial charge in [0.1, 0.15) is 0 Å². The quantitative estimate of drug-likeness (QED) is 0.176. The summed E-state index contributed by atoms with van der Waals surface area (Å²) in [5.41, 5.74) is 13.9. The lowest BCUT2D eigenvalue weighted by molar-refractivity contribution is 1.23. The Morgan fingerprint density at radius 2 is 1.31 bits per heavy atom. The Kier molecular flexibility index (Phi) is 7.86. The van der Waals surface area contributed by atoms with E-state index >= 15 is 0 Å². The van der Waals surface area contributed by atoms with E-state index in [9.17, 15) is 0 Å². The van der Waals surface area contributed by atoms with E-state index in [0.717, 1.165) is 22.6 Å². The van der Waals surface area contributed by atoms with Gasteiger partial charge in [0.05, 0.1) is 11.9 Å². The normalized spacial score (nSPS) is 13.9. The molecule has 0 fully saturated rings. The first-order valence-electron chi connectivity index (χ1n) is 15.2. The molecule has 5 aromatic carbocycles. The summed E-state index contributed by atoms with van der Waals surface area (Å²) in [6.07, 6.45) is 16.1. The largest absolute Gasteiger partial charge is 0.309 e. The first-order chi connectivity index (χ1) is 22.3. The zero-order valence-corrected chi connectivity index (χ0v) is 24.9. The van der Waals surface area contributed by atoms with Gasteiger partial charge in [-0.2, -0.15) is 0 Å². The molecule has 0 saturated carbocycles. The van der Waals surface area contributed by atoms with Gasteiger partial charge in [0.15, 0.2) is 0 Å². The van der Waals surface area contributed by atoms with E-state index in [2.05, 4.69) is 168 Å². The highest BCUT2D eigenvalue weighted by Crippen LogP contribution is 2.37. The van der Waals surface area contributed by atoms with Crippen molar-refractivity contribution in [3.8, 4) is 22.3 Å². The van der Waals surface area contributed by atoms with Crippen LogP contribution in [0.3, 0.4) is 0 Å². The van der Waals surface area contributed by atoms with Crippen LogP contribution < -0.4 is 4.90 Å². The van der Waals surface area contributed by atoms with Crippen LogP contribution in [0.25, 0.3) is 40.0 Å². The minimum absolute atomic E-state index is 1.00. The lowest BCUT2D eigenvalue weighted by atomic mass is 9.94. The van der Waals surface area contributed by atoms with Gasteiger partial charge in [0, 0.05) is 17.6 Å². The Labute approximate surface area is 265 Å². The number of hydrogen-bond donors (Lipinski definition) is 0. The van der Waals surface area contributed by atoms with Crippen molar-refractivity contribution in [3.05, 3.63) is 199 Å². The summed E-state index contributed by atoms with van der Waals surface area (Å²) in [6, 6.07) is 47.5. The summed E-state index contributed by atoms with van der Waals surface area (Å²) in [5, 5.41) is 0. The predicted octanol–water partition coefficient (Wildman–Crippen LogP) is 11.5. The molecule has 6 aromatic rings. The molecule has 2 heteroatoms. The fourth-order valence-electron chi connectivity index (χ4n) is 5.89. The molecule has 2 bridgehead atoms. The highest BCUT2D eigenvalue weighted by atomic mass is 15.1. The van der Waals surface area contributed by atoms with E-state index in [1.54, 1.807) is 6.08 Å². The molecule has 0 atom stereocenters. The Balaban J connectivity index is 1.23. The van der Waals surface area contributed by atoms with Gasteiger partial charge in [-0.1, -0.05) is 128 Å². The molecule has 45 heavy (non-hydrogen) atoms. The number of nitrogens with zero attached hydrogens (tertiary/aromatic N) is 2. The van der Waals surface area contributed by atoms with E-state index < -0.39 is 0 Å². The maximum absolute atomic E-state index is 4.43. The van der Waals surface area contributed by atoms with Crippen molar-refractivity contribution in [1.29, 1.82) is 0 Å². The van der Waals surface area contributed by atoms with Crippen molar-refractivity contribution in [2.24, 2.45) is 0 Å². The van der Waals surface area contributed by atoms with Gasteiger partial charge in [0.25, 0.3) is 0 Å². The van der Waals surface area contributed by atoms with E-state index in [1.165, 1.54) is 44.5 Å². The second-order valence-corrected chi connectivity index (χ2v) is 11.0. The van der Waals surface area contributed by atoms with Crippen molar-refractivity contribution >= 4 is 34.8 Å². The summed E-state index contributed by atoms with van der Waals surface area (Å²) in [6.45, 7) is 3.78. The van der Waals surface area contributed by atoms with Crippen LogP contribution in [-0.4, -0.2) is 4.98 Å². The minimum atomic E-state index is 1.00. The number of allylic oxidation sites excluding steroid dienone is 4. The van der Waals surface area contributed by atoms with Gasteiger partial charge in [0.2, 0.25) is 0 Å². The number of fused-ring (bicyclic) bond motifs is 4. The summed E-state index contributed by atoms with van der Waals surface area (Å²) < 4.78 is 0. The number of rotatable bonds is 7. The Morgan fingerprint density at radius 3 is 2.09 bits per heavy atom. The zero-order valence-electron chi connectivity index (χ0n) is 24.9. The highest BCUT2D eigenvalue weighted by molar-refractivity contribution is 5.88. The Hall–Kier alpha value is -5.99. The Bertz CT molecular complexity index is 2050. The van der Waals surface area contributed by atoms with Crippen molar-refractivity contribution < 1.29 is 0 Å². The van der Waals surface area contributed by atoms with E-state index in [4.69, 9.17) is 0 Å². The van der Waals surface area contributed by atoms with E-state index in [-0.39, 0.29) is 0 Å². The van der Waals surface area contributed by atoms with E-state index in [1.807, 2.05) is 24.5 Å². The molecule has 0 N–H and O–H groups in total. The van der Waals surface area contributed by atoms with Gasteiger partial charge in [-0.15, -0.1) is 0 Å². The molecule has 1 aliphatic carbocycles. The molecule has 2 nitrogen and oxygen atoms in total.